The zero-order valence-electron chi connectivity index (χ0n) is 10.3. The summed E-state index contributed by atoms with van der Waals surface area (Å²) in [5.74, 6) is -0.999. The molecule has 0 rings (SSSR count). The van der Waals surface area contributed by atoms with Gasteiger partial charge in [-0.2, -0.15) is 4.99 Å². The second kappa shape index (κ2) is 12.3. The van der Waals surface area contributed by atoms with Gasteiger partial charge in [0.25, 0.3) is 0 Å². The van der Waals surface area contributed by atoms with Crippen molar-refractivity contribution < 1.29 is 39.5 Å². The summed E-state index contributed by atoms with van der Waals surface area (Å²) < 4.78 is 0. The minimum Gasteiger partial charge on any atom is -0.550 e. The molecule has 0 saturated heterocycles. The number of carboxylic acid groups (broad SMARTS) is 1. The molecule has 0 fully saturated rings. The van der Waals surface area contributed by atoms with Gasteiger partial charge in [-0.25, -0.2) is 0 Å². The maximum absolute atomic E-state index is 9.49. The Morgan fingerprint density at radius 1 is 1.44 bits per heavy atom. The molecule has 0 heterocycles. The van der Waals surface area contributed by atoms with Gasteiger partial charge in [-0.15, -0.1) is 0 Å². The van der Waals surface area contributed by atoms with Crippen LogP contribution in [0.15, 0.2) is 4.99 Å². The first-order valence-corrected chi connectivity index (χ1v) is 4.36. The van der Waals surface area contributed by atoms with Gasteiger partial charge in [0.2, 0.25) is 5.96 Å². The molecule has 0 amide bonds. The second-order valence-electron chi connectivity index (χ2n) is 2.88. The molecule has 0 radical (unpaired) electrons. The number of guanidine groups is 2. The normalized spacial score (nSPS) is 7.69. The van der Waals surface area contributed by atoms with Crippen LogP contribution in [0, 0.1) is 5.41 Å². The standard InChI is InChI=1S/C4H11N5.C4H8O2.Na/c1-9(2)4(7)8-3(5)6;1-2-3-4(5)6;/h1-2H3,(H5,5,6,7,8);2-3H2,1H3,(H,5,6);/q;;+1/p-1. The van der Waals surface area contributed by atoms with Crippen LogP contribution in [0.5, 0.6) is 0 Å². The summed E-state index contributed by atoms with van der Waals surface area (Å²) >= 11 is 0. The molecular formula is C8H18N5NaO2. The van der Waals surface area contributed by atoms with Crippen molar-refractivity contribution in [3.05, 3.63) is 0 Å². The first-order chi connectivity index (χ1) is 6.81. The smallest absolute Gasteiger partial charge is 0.550 e. The van der Waals surface area contributed by atoms with Crippen molar-refractivity contribution in [3.63, 3.8) is 0 Å². The van der Waals surface area contributed by atoms with Crippen LogP contribution in [0.1, 0.15) is 19.8 Å². The van der Waals surface area contributed by atoms with Gasteiger partial charge in [-0.1, -0.05) is 13.3 Å². The fourth-order valence-corrected chi connectivity index (χ4v) is 0.426. The number of carbonyl (C=O) groups is 1. The third-order valence-electron chi connectivity index (χ3n) is 1.11. The Morgan fingerprint density at radius 3 is 1.94 bits per heavy atom. The van der Waals surface area contributed by atoms with Crippen molar-refractivity contribution >= 4 is 17.9 Å². The molecule has 0 bridgehead atoms. The molecule has 7 nitrogen and oxygen atoms in total. The van der Waals surface area contributed by atoms with Gasteiger partial charge in [-0.05, 0) is 6.42 Å². The molecule has 0 aliphatic carbocycles. The van der Waals surface area contributed by atoms with Crippen molar-refractivity contribution in [3.8, 4) is 0 Å². The van der Waals surface area contributed by atoms with E-state index in [4.69, 9.17) is 16.9 Å². The number of nitrogens with two attached hydrogens (primary N) is 2. The van der Waals surface area contributed by atoms with Crippen LogP contribution in [0.25, 0.3) is 0 Å². The first-order valence-electron chi connectivity index (χ1n) is 4.36. The molecule has 0 spiro atoms. The molecule has 0 unspecified atom stereocenters. The van der Waals surface area contributed by atoms with Crippen LogP contribution in [0.2, 0.25) is 0 Å². The summed E-state index contributed by atoms with van der Waals surface area (Å²) in [7, 11) is 3.38. The number of aliphatic imine (C=N–C) groups is 1. The van der Waals surface area contributed by atoms with E-state index in [1.807, 2.05) is 0 Å². The van der Waals surface area contributed by atoms with E-state index in [0.717, 1.165) is 0 Å². The Bertz CT molecular complexity index is 239. The zero-order valence-corrected chi connectivity index (χ0v) is 12.3. The number of nitrogens with one attached hydrogen (secondary N) is 1. The summed E-state index contributed by atoms with van der Waals surface area (Å²) in [5, 5.41) is 16.5. The summed E-state index contributed by atoms with van der Waals surface area (Å²) in [4.78, 5) is 14.4. The molecular weight excluding hydrogens is 221 g/mol. The first kappa shape index (κ1) is 20.6. The summed E-state index contributed by atoms with van der Waals surface area (Å²) in [6, 6.07) is 0. The van der Waals surface area contributed by atoms with Crippen molar-refractivity contribution in [2.75, 3.05) is 14.1 Å². The number of carboxylic acids is 1. The minimum atomic E-state index is -0.961. The summed E-state index contributed by atoms with van der Waals surface area (Å²) in [6.07, 6.45) is 0.850. The van der Waals surface area contributed by atoms with Gasteiger partial charge in [0.15, 0.2) is 5.96 Å². The van der Waals surface area contributed by atoms with Crippen LogP contribution in [-0.2, 0) is 4.79 Å². The third kappa shape index (κ3) is 18.9. The minimum absolute atomic E-state index is 0. The number of carbonyl (C=O) groups excluding carboxylic acids is 1. The number of aliphatic carboxylic acids is 1. The Balaban J connectivity index is -0.000000214. The molecule has 16 heavy (non-hydrogen) atoms. The zero-order chi connectivity index (χ0) is 12.4. The average molecular weight is 239 g/mol. The van der Waals surface area contributed by atoms with Gasteiger partial charge in [-0.3, -0.25) is 5.41 Å². The summed E-state index contributed by atoms with van der Waals surface area (Å²) in [5.41, 5.74) is 9.98. The third-order valence-corrected chi connectivity index (χ3v) is 1.11. The second-order valence-corrected chi connectivity index (χ2v) is 2.88. The number of hydrogen-bond acceptors (Lipinski definition) is 3. The molecule has 0 aliphatic heterocycles. The Kier molecular flexibility index (Phi) is 15.8. The molecule has 5 N–H and O–H groups in total. The SMILES string of the molecule is CCCC(=O)[O-].CN(C)C(=N)N=C(N)N.[Na+]. The van der Waals surface area contributed by atoms with Crippen molar-refractivity contribution in [2.45, 2.75) is 19.8 Å². The van der Waals surface area contributed by atoms with Gasteiger partial charge < -0.3 is 26.3 Å². The Hall–Kier alpha value is -0.790. The van der Waals surface area contributed by atoms with Crippen LogP contribution in [-0.4, -0.2) is 36.9 Å². The molecule has 0 aromatic rings. The van der Waals surface area contributed by atoms with E-state index in [2.05, 4.69) is 4.99 Å². The van der Waals surface area contributed by atoms with Crippen LogP contribution >= 0.6 is 0 Å². The van der Waals surface area contributed by atoms with Gasteiger partial charge in [0.1, 0.15) is 0 Å². The number of hydrogen-bond donors (Lipinski definition) is 3. The predicted molar refractivity (Wildman–Crippen MR) is 57.1 cm³/mol. The van der Waals surface area contributed by atoms with Crippen molar-refractivity contribution in [1.29, 1.82) is 5.41 Å². The molecule has 0 aromatic carbocycles. The van der Waals surface area contributed by atoms with E-state index in [0.29, 0.717) is 6.42 Å². The molecule has 0 saturated carbocycles. The quantitative estimate of drug-likeness (QED) is 0.253. The molecule has 0 aliphatic rings. The maximum atomic E-state index is 9.49. The number of nitrogens with zero attached hydrogens (tertiary/aromatic N) is 2. The average Bonchev–Trinajstić information content (AvgIpc) is 2.03. The van der Waals surface area contributed by atoms with E-state index in [1.54, 1.807) is 21.0 Å². The van der Waals surface area contributed by atoms with Crippen molar-refractivity contribution in [2.24, 2.45) is 16.5 Å². The summed E-state index contributed by atoms with van der Waals surface area (Å²) in [6.45, 7) is 1.80. The molecule has 8 heteroatoms. The van der Waals surface area contributed by atoms with Crippen LogP contribution in [0.3, 0.4) is 0 Å². The van der Waals surface area contributed by atoms with Crippen LogP contribution in [0.4, 0.5) is 0 Å². The van der Waals surface area contributed by atoms with Gasteiger partial charge in [0.05, 0.1) is 0 Å². The maximum Gasteiger partial charge on any atom is 1.00 e. The predicted octanol–water partition coefficient (Wildman–Crippen LogP) is -4.70. The topological polar surface area (TPSA) is 132 Å². The van der Waals surface area contributed by atoms with E-state index < -0.39 is 5.97 Å². The monoisotopic (exact) mass is 239 g/mol. The fraction of sp³-hybridized carbons (Fsp3) is 0.625. The Morgan fingerprint density at radius 2 is 1.88 bits per heavy atom. The molecule has 88 valence electrons. The van der Waals surface area contributed by atoms with E-state index in [9.17, 15) is 9.90 Å². The van der Waals surface area contributed by atoms with Crippen LogP contribution < -0.4 is 46.1 Å². The molecule has 0 atom stereocenters. The van der Waals surface area contributed by atoms with E-state index >= 15 is 0 Å². The number of rotatable bonds is 2. The van der Waals surface area contributed by atoms with Crippen molar-refractivity contribution in [1.82, 2.24) is 4.90 Å². The molecule has 0 aromatic heterocycles. The Labute approximate surface area is 118 Å². The van der Waals surface area contributed by atoms with E-state index in [1.165, 1.54) is 4.90 Å². The van der Waals surface area contributed by atoms with Gasteiger partial charge in [0, 0.05) is 20.1 Å². The largest absolute Gasteiger partial charge is 1.00 e. The fourth-order valence-electron chi connectivity index (χ4n) is 0.426. The van der Waals surface area contributed by atoms with Gasteiger partial charge >= 0.3 is 29.6 Å². The van der Waals surface area contributed by atoms with E-state index in [-0.39, 0.29) is 47.9 Å².